The molecule has 2 aromatic rings. The van der Waals surface area contributed by atoms with Crippen LogP contribution in [0, 0.1) is 13.8 Å². The molecule has 104 valence electrons. The first-order chi connectivity index (χ1) is 9.61. The normalized spacial score (nSPS) is 10.3. The quantitative estimate of drug-likeness (QED) is 0.851. The molecule has 0 fully saturated rings. The van der Waals surface area contributed by atoms with Gasteiger partial charge < -0.3 is 5.32 Å². The number of para-hydroxylation sites is 1. The van der Waals surface area contributed by atoms with Gasteiger partial charge >= 0.3 is 0 Å². The first-order valence-electron chi connectivity index (χ1n) is 6.95. The second kappa shape index (κ2) is 6.33. The molecule has 0 aliphatic carbocycles. The van der Waals surface area contributed by atoms with Crippen molar-refractivity contribution in [2.45, 2.75) is 33.7 Å². The molecule has 1 heterocycles. The van der Waals surface area contributed by atoms with Crippen LogP contribution >= 0.6 is 0 Å². The summed E-state index contributed by atoms with van der Waals surface area (Å²) in [6.45, 7) is 6.46. The third-order valence-corrected chi connectivity index (χ3v) is 3.49. The average molecular weight is 269 g/mol. The SMILES string of the molecule is CCc1cccc(C)c1NC(=O)C[n+]1ccccc1C. The van der Waals surface area contributed by atoms with E-state index in [-0.39, 0.29) is 5.91 Å². The lowest BCUT2D eigenvalue weighted by Gasteiger charge is -2.12. The van der Waals surface area contributed by atoms with E-state index in [1.54, 1.807) is 0 Å². The van der Waals surface area contributed by atoms with Crippen LogP contribution in [-0.2, 0) is 17.8 Å². The maximum atomic E-state index is 12.2. The number of nitrogens with zero attached hydrogens (tertiary/aromatic N) is 1. The summed E-state index contributed by atoms with van der Waals surface area (Å²) < 4.78 is 1.94. The molecule has 0 saturated heterocycles. The van der Waals surface area contributed by atoms with Crippen LogP contribution in [0.1, 0.15) is 23.7 Å². The number of amides is 1. The highest BCUT2D eigenvalue weighted by Gasteiger charge is 2.14. The van der Waals surface area contributed by atoms with Gasteiger partial charge in [-0.3, -0.25) is 4.79 Å². The molecule has 1 aromatic carbocycles. The minimum Gasteiger partial charge on any atom is -0.320 e. The summed E-state index contributed by atoms with van der Waals surface area (Å²) in [7, 11) is 0. The van der Waals surface area contributed by atoms with Crippen molar-refractivity contribution in [3.63, 3.8) is 0 Å². The predicted molar refractivity (Wildman–Crippen MR) is 80.6 cm³/mol. The molecule has 0 aliphatic rings. The number of anilines is 1. The van der Waals surface area contributed by atoms with Gasteiger partial charge in [-0.15, -0.1) is 0 Å². The molecule has 0 aliphatic heterocycles. The second-order valence-electron chi connectivity index (χ2n) is 4.98. The Balaban J connectivity index is 2.15. The summed E-state index contributed by atoms with van der Waals surface area (Å²) >= 11 is 0. The van der Waals surface area contributed by atoms with E-state index >= 15 is 0 Å². The van der Waals surface area contributed by atoms with E-state index in [0.29, 0.717) is 6.54 Å². The Morgan fingerprint density at radius 2 is 1.95 bits per heavy atom. The zero-order valence-corrected chi connectivity index (χ0v) is 12.3. The van der Waals surface area contributed by atoms with E-state index in [1.165, 1.54) is 5.56 Å². The Bertz CT molecular complexity index is 620. The summed E-state index contributed by atoms with van der Waals surface area (Å²) in [6.07, 6.45) is 2.84. The number of benzene rings is 1. The molecule has 20 heavy (non-hydrogen) atoms. The first-order valence-corrected chi connectivity index (χ1v) is 6.95. The van der Waals surface area contributed by atoms with E-state index in [4.69, 9.17) is 0 Å². The number of carbonyl (C=O) groups is 1. The minimum atomic E-state index is 0.00769. The van der Waals surface area contributed by atoms with Crippen molar-refractivity contribution in [1.29, 1.82) is 0 Å². The minimum absolute atomic E-state index is 0.00769. The number of carbonyl (C=O) groups excluding carboxylic acids is 1. The van der Waals surface area contributed by atoms with E-state index in [2.05, 4.69) is 18.3 Å². The van der Waals surface area contributed by atoms with Gasteiger partial charge in [0, 0.05) is 24.7 Å². The topological polar surface area (TPSA) is 33.0 Å². The maximum Gasteiger partial charge on any atom is 0.290 e. The lowest BCUT2D eigenvalue weighted by molar-refractivity contribution is -0.690. The van der Waals surface area contributed by atoms with Crippen LogP contribution in [0.4, 0.5) is 5.69 Å². The third-order valence-electron chi connectivity index (χ3n) is 3.49. The highest BCUT2D eigenvalue weighted by atomic mass is 16.1. The van der Waals surface area contributed by atoms with Crippen LogP contribution in [0.15, 0.2) is 42.6 Å². The van der Waals surface area contributed by atoms with Gasteiger partial charge in [-0.25, -0.2) is 0 Å². The number of rotatable bonds is 4. The molecule has 0 bridgehead atoms. The average Bonchev–Trinajstić information content (AvgIpc) is 2.43. The summed E-state index contributed by atoms with van der Waals surface area (Å²) in [5, 5.41) is 3.05. The van der Waals surface area contributed by atoms with Crippen LogP contribution in [0.3, 0.4) is 0 Å². The fourth-order valence-corrected chi connectivity index (χ4v) is 2.27. The van der Waals surface area contributed by atoms with Gasteiger partial charge in [0.25, 0.3) is 5.91 Å². The standard InChI is InChI=1S/C17H20N2O/c1-4-15-10-7-8-13(2)17(15)18-16(20)12-19-11-6-5-9-14(19)3/h5-11H,4,12H2,1-3H3/p+1. The number of hydrogen-bond acceptors (Lipinski definition) is 1. The third kappa shape index (κ3) is 3.23. The molecule has 1 aromatic heterocycles. The summed E-state index contributed by atoms with van der Waals surface area (Å²) in [6, 6.07) is 12.0. The Kier molecular flexibility index (Phi) is 4.51. The predicted octanol–water partition coefficient (Wildman–Crippen LogP) is 2.79. The zero-order valence-electron chi connectivity index (χ0n) is 12.3. The monoisotopic (exact) mass is 269 g/mol. The number of aryl methyl sites for hydroxylation is 3. The molecule has 0 spiro atoms. The molecule has 0 radical (unpaired) electrons. The van der Waals surface area contributed by atoms with E-state index in [1.807, 2.05) is 54.9 Å². The molecule has 3 nitrogen and oxygen atoms in total. The fourth-order valence-electron chi connectivity index (χ4n) is 2.27. The fraction of sp³-hybridized carbons (Fsp3) is 0.294. The summed E-state index contributed by atoms with van der Waals surface area (Å²) in [5.41, 5.74) is 4.30. The van der Waals surface area contributed by atoms with Crippen molar-refractivity contribution < 1.29 is 9.36 Å². The van der Waals surface area contributed by atoms with Crippen molar-refractivity contribution in [3.8, 4) is 0 Å². The van der Waals surface area contributed by atoms with Gasteiger partial charge in [0.05, 0.1) is 0 Å². The van der Waals surface area contributed by atoms with Crippen molar-refractivity contribution in [2.75, 3.05) is 5.32 Å². The number of aromatic nitrogens is 1. The molecular weight excluding hydrogens is 248 g/mol. The number of nitrogens with one attached hydrogen (secondary N) is 1. The summed E-state index contributed by atoms with van der Waals surface area (Å²) in [5.74, 6) is 0.00769. The number of hydrogen-bond donors (Lipinski definition) is 1. The van der Waals surface area contributed by atoms with Gasteiger partial charge in [-0.05, 0) is 24.5 Å². The van der Waals surface area contributed by atoms with Crippen molar-refractivity contribution >= 4 is 11.6 Å². The highest BCUT2D eigenvalue weighted by Crippen LogP contribution is 2.20. The van der Waals surface area contributed by atoms with Crippen LogP contribution in [0.2, 0.25) is 0 Å². The Labute approximate surface area is 120 Å². The van der Waals surface area contributed by atoms with Crippen LogP contribution in [0.25, 0.3) is 0 Å². The molecular formula is C17H21N2O+. The van der Waals surface area contributed by atoms with Gasteiger partial charge in [0.15, 0.2) is 11.9 Å². The van der Waals surface area contributed by atoms with Crippen molar-refractivity contribution in [2.24, 2.45) is 0 Å². The van der Waals surface area contributed by atoms with Crippen LogP contribution in [0.5, 0.6) is 0 Å². The molecule has 0 atom stereocenters. The van der Waals surface area contributed by atoms with Crippen LogP contribution < -0.4 is 9.88 Å². The second-order valence-corrected chi connectivity index (χ2v) is 4.98. The Morgan fingerprint density at radius 1 is 1.15 bits per heavy atom. The molecule has 1 amide bonds. The zero-order chi connectivity index (χ0) is 14.5. The summed E-state index contributed by atoms with van der Waals surface area (Å²) in [4.78, 5) is 12.2. The molecule has 0 unspecified atom stereocenters. The first kappa shape index (κ1) is 14.3. The van der Waals surface area contributed by atoms with Crippen molar-refractivity contribution in [3.05, 3.63) is 59.4 Å². The van der Waals surface area contributed by atoms with Crippen LogP contribution in [-0.4, -0.2) is 5.91 Å². The lowest BCUT2D eigenvalue weighted by atomic mass is 10.1. The Morgan fingerprint density at radius 3 is 2.65 bits per heavy atom. The highest BCUT2D eigenvalue weighted by molar-refractivity contribution is 5.91. The van der Waals surface area contributed by atoms with Crippen molar-refractivity contribution in [1.82, 2.24) is 0 Å². The molecule has 2 rings (SSSR count). The van der Waals surface area contributed by atoms with E-state index in [0.717, 1.165) is 23.4 Å². The van der Waals surface area contributed by atoms with Gasteiger partial charge in [-0.2, -0.15) is 4.57 Å². The maximum absolute atomic E-state index is 12.2. The molecule has 3 heteroatoms. The van der Waals surface area contributed by atoms with Gasteiger partial charge in [0.2, 0.25) is 6.54 Å². The molecule has 0 saturated carbocycles. The van der Waals surface area contributed by atoms with Gasteiger partial charge in [0.1, 0.15) is 0 Å². The smallest absolute Gasteiger partial charge is 0.290 e. The van der Waals surface area contributed by atoms with Gasteiger partial charge in [-0.1, -0.05) is 31.2 Å². The largest absolute Gasteiger partial charge is 0.320 e. The van der Waals surface area contributed by atoms with E-state index < -0.39 is 0 Å². The lowest BCUT2D eigenvalue weighted by Crippen LogP contribution is -2.42. The number of pyridine rings is 1. The Hall–Kier alpha value is -2.16. The van der Waals surface area contributed by atoms with E-state index in [9.17, 15) is 4.79 Å². The molecule has 1 N–H and O–H groups in total.